The molecule has 4 aromatic rings. The van der Waals surface area contributed by atoms with Crippen molar-refractivity contribution in [2.45, 2.75) is 18.6 Å². The van der Waals surface area contributed by atoms with Crippen LogP contribution in [-0.4, -0.2) is 30.9 Å². The Balaban J connectivity index is 1.89. The zero-order valence-corrected chi connectivity index (χ0v) is 19.3. The van der Waals surface area contributed by atoms with Gasteiger partial charge in [0.25, 0.3) is 0 Å². The summed E-state index contributed by atoms with van der Waals surface area (Å²) in [4.78, 5) is 15.4. The van der Waals surface area contributed by atoms with E-state index in [1.165, 1.54) is 6.26 Å². The van der Waals surface area contributed by atoms with Gasteiger partial charge in [-0.2, -0.15) is 0 Å². The number of carbonyl (C=O) groups is 1. The molecule has 0 radical (unpaired) electrons. The van der Waals surface area contributed by atoms with E-state index in [-0.39, 0.29) is 5.75 Å². The predicted octanol–water partition coefficient (Wildman–Crippen LogP) is 5.91. The van der Waals surface area contributed by atoms with Gasteiger partial charge in [-0.1, -0.05) is 36.4 Å². The van der Waals surface area contributed by atoms with Gasteiger partial charge in [-0.25, -0.2) is 13.2 Å². The first kappa shape index (κ1) is 22.5. The Kier molecular flexibility index (Phi) is 5.68. The van der Waals surface area contributed by atoms with Crippen molar-refractivity contribution in [2.75, 3.05) is 6.26 Å². The highest BCUT2D eigenvalue weighted by Gasteiger charge is 2.33. The minimum atomic E-state index is -3.37. The molecule has 33 heavy (non-hydrogen) atoms. The number of benzene rings is 3. The molecule has 0 unspecified atom stereocenters. The quantitative estimate of drug-likeness (QED) is 0.294. The van der Waals surface area contributed by atoms with Gasteiger partial charge in [0.15, 0.2) is 9.84 Å². The maximum Gasteiger partial charge on any atom is 0.511 e. The number of aromatic nitrogens is 1. The monoisotopic (exact) mass is 461 g/mol. The number of nitrogens with zero attached hydrogens (tertiary/aromatic N) is 1. The second-order valence-electron chi connectivity index (χ2n) is 8.36. The van der Waals surface area contributed by atoms with Gasteiger partial charge in [0, 0.05) is 23.4 Å². The van der Waals surface area contributed by atoms with Gasteiger partial charge in [-0.3, -0.25) is 4.98 Å². The van der Waals surface area contributed by atoms with Crippen molar-refractivity contribution in [2.24, 2.45) is 0 Å². The molecule has 0 aliphatic carbocycles. The van der Waals surface area contributed by atoms with Crippen LogP contribution in [0.5, 0.6) is 5.75 Å². The third kappa shape index (κ3) is 4.45. The van der Waals surface area contributed by atoms with E-state index >= 15 is 0 Å². The molecule has 1 N–H and O–H groups in total. The summed E-state index contributed by atoms with van der Waals surface area (Å²) >= 11 is 0. The van der Waals surface area contributed by atoms with Gasteiger partial charge >= 0.3 is 6.16 Å². The van der Waals surface area contributed by atoms with Crippen molar-refractivity contribution in [3.05, 3.63) is 84.6 Å². The van der Waals surface area contributed by atoms with E-state index in [1.54, 1.807) is 38.2 Å². The van der Waals surface area contributed by atoms with Crippen LogP contribution in [0, 0.1) is 0 Å². The zero-order valence-electron chi connectivity index (χ0n) is 18.4. The molecular weight excluding hydrogens is 438 g/mol. The van der Waals surface area contributed by atoms with E-state index in [2.05, 4.69) is 4.98 Å². The topological polar surface area (TPSA) is 93.6 Å². The van der Waals surface area contributed by atoms with Gasteiger partial charge in [0.1, 0.15) is 5.75 Å². The number of hydrogen-bond donors (Lipinski definition) is 1. The molecule has 168 valence electrons. The number of fused-ring (bicyclic) bond motifs is 1. The van der Waals surface area contributed by atoms with E-state index in [9.17, 15) is 13.2 Å². The molecule has 4 rings (SSSR count). The lowest BCUT2D eigenvalue weighted by atomic mass is 9.92. The third-order valence-electron chi connectivity index (χ3n) is 5.87. The van der Waals surface area contributed by atoms with Crippen LogP contribution in [0.15, 0.2) is 79.0 Å². The highest BCUT2D eigenvalue weighted by molar-refractivity contribution is 7.91. The number of sulfone groups is 1. The Hall–Kier alpha value is -3.71. The fourth-order valence-electron chi connectivity index (χ4n) is 3.68. The minimum absolute atomic E-state index is 0.231. The van der Waals surface area contributed by atoms with Gasteiger partial charge in [-0.05, 0) is 72.5 Å². The third-order valence-corrected chi connectivity index (χ3v) is 7.96. The van der Waals surface area contributed by atoms with Crippen LogP contribution in [0.1, 0.15) is 19.4 Å². The van der Waals surface area contributed by atoms with Crippen LogP contribution < -0.4 is 4.74 Å². The van der Waals surface area contributed by atoms with Crippen molar-refractivity contribution in [3.63, 3.8) is 0 Å². The Labute approximate surface area is 192 Å². The molecule has 1 aromatic heterocycles. The van der Waals surface area contributed by atoms with Gasteiger partial charge < -0.3 is 9.84 Å². The first-order chi connectivity index (χ1) is 15.6. The van der Waals surface area contributed by atoms with E-state index in [4.69, 9.17) is 9.84 Å². The number of hydrogen-bond acceptors (Lipinski definition) is 5. The van der Waals surface area contributed by atoms with Crippen LogP contribution in [0.25, 0.3) is 33.2 Å². The molecule has 0 spiro atoms. The molecule has 1 heterocycles. The minimum Gasteiger partial charge on any atom is -0.449 e. The van der Waals surface area contributed by atoms with Gasteiger partial charge in [0.05, 0.1) is 10.3 Å². The average Bonchev–Trinajstić information content (AvgIpc) is 2.77. The fourth-order valence-corrected chi connectivity index (χ4v) is 4.23. The Morgan fingerprint density at radius 3 is 2.27 bits per heavy atom. The number of carboxylic acid groups (broad SMARTS) is 1. The molecule has 3 aromatic carbocycles. The van der Waals surface area contributed by atoms with Crippen LogP contribution in [0.4, 0.5) is 4.79 Å². The van der Waals surface area contributed by atoms with Crippen molar-refractivity contribution in [1.82, 2.24) is 4.98 Å². The lowest BCUT2D eigenvalue weighted by Crippen LogP contribution is -2.28. The summed E-state index contributed by atoms with van der Waals surface area (Å²) in [6.45, 7) is 3.40. The number of rotatable bonds is 5. The summed E-state index contributed by atoms with van der Waals surface area (Å²) in [6, 6.07) is 22.1. The highest BCUT2D eigenvalue weighted by Crippen LogP contribution is 2.37. The first-order valence-corrected chi connectivity index (χ1v) is 12.2. The normalized spacial score (nSPS) is 12.0. The molecular formula is C26H23NO5S. The highest BCUT2D eigenvalue weighted by atomic mass is 32.2. The first-order valence-electron chi connectivity index (χ1n) is 10.3. The molecule has 0 saturated carbocycles. The second kappa shape index (κ2) is 8.33. The standard InChI is InChI=1S/C26H23NO5S/c1-26(2,33(3,30)31)21-14-20-10-6-12-27-24(20)23(16-21)19-9-4-7-17(13-19)18-8-5-11-22(15-18)32-25(28)29/h4-16H,1-3H3,(H,28,29). The fraction of sp³-hybridized carbons (Fsp3) is 0.154. The Bertz CT molecular complexity index is 1480. The van der Waals surface area contributed by atoms with Crippen molar-refractivity contribution in [1.29, 1.82) is 0 Å². The van der Waals surface area contributed by atoms with Crippen LogP contribution in [0.2, 0.25) is 0 Å². The Morgan fingerprint density at radius 2 is 1.58 bits per heavy atom. The van der Waals surface area contributed by atoms with E-state index in [1.807, 2.05) is 54.6 Å². The summed E-state index contributed by atoms with van der Waals surface area (Å²) in [5.41, 5.74) is 4.79. The summed E-state index contributed by atoms with van der Waals surface area (Å²) in [5, 5.41) is 9.75. The number of pyridine rings is 1. The molecule has 6 nitrogen and oxygen atoms in total. The maximum absolute atomic E-state index is 12.5. The van der Waals surface area contributed by atoms with Gasteiger partial charge in [-0.15, -0.1) is 0 Å². The molecule has 0 bridgehead atoms. The maximum atomic E-state index is 12.5. The molecule has 0 atom stereocenters. The molecule has 0 aliphatic rings. The summed E-state index contributed by atoms with van der Waals surface area (Å²) < 4.78 is 28.7. The SMILES string of the molecule is CC(C)(c1cc(-c2cccc(-c3cccc(OC(=O)O)c3)c2)c2ncccc2c1)S(C)(=O)=O. The largest absolute Gasteiger partial charge is 0.511 e. The molecule has 0 aliphatic heterocycles. The van der Waals surface area contributed by atoms with Crippen LogP contribution >= 0.6 is 0 Å². The van der Waals surface area contributed by atoms with E-state index in [0.29, 0.717) is 5.56 Å². The van der Waals surface area contributed by atoms with E-state index < -0.39 is 20.7 Å². The van der Waals surface area contributed by atoms with E-state index in [0.717, 1.165) is 33.2 Å². The number of ether oxygens (including phenoxy) is 1. The van der Waals surface area contributed by atoms with Gasteiger partial charge in [0.2, 0.25) is 0 Å². The average molecular weight is 462 g/mol. The molecule has 0 fully saturated rings. The van der Waals surface area contributed by atoms with Crippen molar-refractivity contribution in [3.8, 4) is 28.0 Å². The van der Waals surface area contributed by atoms with Crippen molar-refractivity contribution < 1.29 is 23.1 Å². The van der Waals surface area contributed by atoms with Crippen LogP contribution in [0.3, 0.4) is 0 Å². The lowest BCUT2D eigenvalue weighted by molar-refractivity contribution is 0.144. The summed E-state index contributed by atoms with van der Waals surface area (Å²) in [5.74, 6) is 0.231. The van der Waals surface area contributed by atoms with Crippen LogP contribution in [-0.2, 0) is 14.6 Å². The summed E-state index contributed by atoms with van der Waals surface area (Å²) in [6.07, 6.45) is 1.58. The molecule has 0 saturated heterocycles. The molecule has 0 amide bonds. The molecule has 7 heteroatoms. The second-order valence-corrected chi connectivity index (χ2v) is 10.9. The Morgan fingerprint density at radius 1 is 0.909 bits per heavy atom. The predicted molar refractivity (Wildman–Crippen MR) is 129 cm³/mol. The van der Waals surface area contributed by atoms with Crippen molar-refractivity contribution >= 4 is 26.9 Å². The lowest BCUT2D eigenvalue weighted by Gasteiger charge is -2.24. The smallest absolute Gasteiger partial charge is 0.449 e. The summed E-state index contributed by atoms with van der Waals surface area (Å²) in [7, 11) is -3.37. The zero-order chi connectivity index (χ0) is 23.8.